The number of amides is 1. The third-order valence-electron chi connectivity index (χ3n) is 4.14. The zero-order chi connectivity index (χ0) is 16.7. The maximum absolute atomic E-state index is 12.2. The first-order valence-corrected chi connectivity index (χ1v) is 8.07. The van der Waals surface area contributed by atoms with Gasteiger partial charge in [0, 0.05) is 17.9 Å². The van der Waals surface area contributed by atoms with E-state index in [9.17, 15) is 15.2 Å². The van der Waals surface area contributed by atoms with Gasteiger partial charge in [0.2, 0.25) is 0 Å². The molecule has 122 valence electrons. The average Bonchev–Trinajstić information content (AvgIpc) is 2.79. The number of phenols is 1. The smallest absolute Gasteiger partial charge is 0.267 e. The number of benzene rings is 1. The standard InChI is InChI=1S/C18H23N3O2/c1-13-10-16(22)8-9-17(13)21-18(23)14(11-19)12-20-15-6-4-2-3-5-7-15/h8-10,12,15,20,22H,2-7H2,1H3,(H,21,23)/b14-12-. The second-order valence-corrected chi connectivity index (χ2v) is 5.98. The number of aryl methyl sites for hydroxylation is 1. The minimum Gasteiger partial charge on any atom is -0.508 e. The summed E-state index contributed by atoms with van der Waals surface area (Å²) in [4.78, 5) is 12.2. The summed E-state index contributed by atoms with van der Waals surface area (Å²) in [7, 11) is 0. The number of carbonyl (C=O) groups excluding carboxylic acids is 1. The number of nitrogens with zero attached hydrogens (tertiary/aromatic N) is 1. The topological polar surface area (TPSA) is 85.2 Å². The first-order chi connectivity index (χ1) is 11.1. The van der Waals surface area contributed by atoms with Gasteiger partial charge in [-0.1, -0.05) is 25.7 Å². The summed E-state index contributed by atoms with van der Waals surface area (Å²) in [5.74, 6) is -0.297. The highest BCUT2D eigenvalue weighted by molar-refractivity contribution is 6.06. The molecule has 1 saturated carbocycles. The van der Waals surface area contributed by atoms with Gasteiger partial charge in [-0.15, -0.1) is 0 Å². The summed E-state index contributed by atoms with van der Waals surface area (Å²) >= 11 is 0. The molecule has 2 rings (SSSR count). The molecule has 0 atom stereocenters. The van der Waals surface area contributed by atoms with Crippen LogP contribution in [0.4, 0.5) is 5.69 Å². The lowest BCUT2D eigenvalue weighted by Gasteiger charge is -2.14. The molecule has 1 aliphatic rings. The lowest BCUT2D eigenvalue weighted by atomic mass is 10.1. The molecule has 5 heteroatoms. The summed E-state index contributed by atoms with van der Waals surface area (Å²) < 4.78 is 0. The van der Waals surface area contributed by atoms with E-state index in [2.05, 4.69) is 10.6 Å². The first kappa shape index (κ1) is 16.9. The second kappa shape index (κ2) is 8.23. The number of hydrogen-bond donors (Lipinski definition) is 3. The highest BCUT2D eigenvalue weighted by Gasteiger charge is 2.14. The molecule has 0 aliphatic heterocycles. The van der Waals surface area contributed by atoms with Gasteiger partial charge in [0.1, 0.15) is 17.4 Å². The Balaban J connectivity index is 2.00. The van der Waals surface area contributed by atoms with Crippen molar-refractivity contribution in [3.8, 4) is 11.8 Å². The van der Waals surface area contributed by atoms with E-state index in [4.69, 9.17) is 0 Å². The van der Waals surface area contributed by atoms with Crippen LogP contribution in [0.5, 0.6) is 5.75 Å². The Morgan fingerprint density at radius 3 is 2.61 bits per heavy atom. The number of rotatable bonds is 4. The third-order valence-corrected chi connectivity index (χ3v) is 4.14. The predicted molar refractivity (Wildman–Crippen MR) is 89.8 cm³/mol. The molecule has 5 nitrogen and oxygen atoms in total. The molecule has 0 saturated heterocycles. The Morgan fingerprint density at radius 2 is 2.00 bits per heavy atom. The van der Waals surface area contributed by atoms with Gasteiger partial charge in [-0.2, -0.15) is 5.26 Å². The van der Waals surface area contributed by atoms with Gasteiger partial charge in [-0.3, -0.25) is 4.79 Å². The van der Waals surface area contributed by atoms with Gasteiger partial charge in [0.15, 0.2) is 0 Å². The molecule has 1 aromatic rings. The fraction of sp³-hybridized carbons (Fsp3) is 0.444. The summed E-state index contributed by atoms with van der Waals surface area (Å²) in [5.41, 5.74) is 1.39. The molecular weight excluding hydrogens is 290 g/mol. The largest absolute Gasteiger partial charge is 0.508 e. The molecule has 0 aromatic heterocycles. The average molecular weight is 313 g/mol. The van der Waals surface area contributed by atoms with Crippen molar-refractivity contribution in [2.45, 2.75) is 51.5 Å². The van der Waals surface area contributed by atoms with Crippen LogP contribution in [0.3, 0.4) is 0 Å². The van der Waals surface area contributed by atoms with Crippen molar-refractivity contribution in [2.75, 3.05) is 5.32 Å². The molecule has 23 heavy (non-hydrogen) atoms. The van der Waals surface area contributed by atoms with Gasteiger partial charge in [-0.05, 0) is 43.5 Å². The van der Waals surface area contributed by atoms with Crippen molar-refractivity contribution < 1.29 is 9.90 Å². The number of aromatic hydroxyl groups is 1. The summed E-state index contributed by atoms with van der Waals surface area (Å²) in [6, 6.07) is 6.97. The summed E-state index contributed by atoms with van der Waals surface area (Å²) in [6.07, 6.45) is 8.57. The number of phenolic OH excluding ortho intramolecular Hbond substituents is 1. The molecule has 0 radical (unpaired) electrons. The van der Waals surface area contributed by atoms with Crippen molar-refractivity contribution >= 4 is 11.6 Å². The number of hydrogen-bond acceptors (Lipinski definition) is 4. The van der Waals surface area contributed by atoms with E-state index < -0.39 is 5.91 Å². The molecule has 0 bridgehead atoms. The fourth-order valence-corrected chi connectivity index (χ4v) is 2.77. The molecular formula is C18H23N3O2. The first-order valence-electron chi connectivity index (χ1n) is 8.07. The Hall–Kier alpha value is -2.48. The van der Waals surface area contributed by atoms with Crippen molar-refractivity contribution in [3.05, 3.63) is 35.5 Å². The zero-order valence-corrected chi connectivity index (χ0v) is 13.4. The minimum absolute atomic E-state index is 0.0571. The van der Waals surface area contributed by atoms with Gasteiger partial charge in [0.25, 0.3) is 5.91 Å². The molecule has 1 fully saturated rings. The molecule has 1 aromatic carbocycles. The Kier molecular flexibility index (Phi) is 6.04. The lowest BCUT2D eigenvalue weighted by molar-refractivity contribution is -0.112. The lowest BCUT2D eigenvalue weighted by Crippen LogP contribution is -2.25. The summed E-state index contributed by atoms with van der Waals surface area (Å²) in [5, 5.41) is 24.5. The van der Waals surface area contributed by atoms with Gasteiger partial charge in [0.05, 0.1) is 0 Å². The van der Waals surface area contributed by atoms with Gasteiger partial charge < -0.3 is 15.7 Å². The molecule has 1 aliphatic carbocycles. The van der Waals surface area contributed by atoms with Crippen LogP contribution < -0.4 is 10.6 Å². The normalized spacial score (nSPS) is 16.3. The molecule has 1 amide bonds. The SMILES string of the molecule is Cc1cc(O)ccc1NC(=O)/C(C#N)=C\NC1CCCCCC1. The van der Waals surface area contributed by atoms with Crippen LogP contribution in [0.1, 0.15) is 44.1 Å². The van der Waals surface area contributed by atoms with Gasteiger partial charge in [-0.25, -0.2) is 0 Å². The Labute approximate surface area is 137 Å². The highest BCUT2D eigenvalue weighted by Crippen LogP contribution is 2.21. The maximum atomic E-state index is 12.2. The van der Waals surface area contributed by atoms with E-state index in [-0.39, 0.29) is 11.3 Å². The van der Waals surface area contributed by atoms with E-state index in [1.807, 2.05) is 6.07 Å². The van der Waals surface area contributed by atoms with Crippen molar-refractivity contribution in [1.82, 2.24) is 5.32 Å². The van der Waals surface area contributed by atoms with Crippen molar-refractivity contribution in [3.63, 3.8) is 0 Å². The predicted octanol–water partition coefficient (Wildman–Crippen LogP) is 3.36. The van der Waals surface area contributed by atoms with E-state index in [0.29, 0.717) is 11.7 Å². The van der Waals surface area contributed by atoms with Crippen LogP contribution in [0.2, 0.25) is 0 Å². The van der Waals surface area contributed by atoms with Crippen LogP contribution in [-0.4, -0.2) is 17.1 Å². The monoisotopic (exact) mass is 313 g/mol. The molecule has 3 N–H and O–H groups in total. The van der Waals surface area contributed by atoms with Gasteiger partial charge >= 0.3 is 0 Å². The minimum atomic E-state index is -0.442. The van der Waals surface area contributed by atoms with Crippen molar-refractivity contribution in [2.24, 2.45) is 0 Å². The third kappa shape index (κ3) is 5.03. The molecule has 0 unspecified atom stereocenters. The quantitative estimate of drug-likeness (QED) is 0.344. The maximum Gasteiger partial charge on any atom is 0.267 e. The van der Waals surface area contributed by atoms with E-state index in [1.54, 1.807) is 19.1 Å². The Bertz CT molecular complexity index is 624. The zero-order valence-electron chi connectivity index (χ0n) is 13.4. The van der Waals surface area contributed by atoms with E-state index in [0.717, 1.165) is 18.4 Å². The second-order valence-electron chi connectivity index (χ2n) is 5.98. The number of anilines is 1. The number of carbonyl (C=O) groups is 1. The van der Waals surface area contributed by atoms with Crippen LogP contribution in [-0.2, 0) is 4.79 Å². The highest BCUT2D eigenvalue weighted by atomic mass is 16.3. The Morgan fingerprint density at radius 1 is 1.30 bits per heavy atom. The van der Waals surface area contributed by atoms with E-state index >= 15 is 0 Å². The van der Waals surface area contributed by atoms with Crippen LogP contribution in [0, 0.1) is 18.3 Å². The number of nitriles is 1. The number of nitrogens with one attached hydrogen (secondary N) is 2. The van der Waals surface area contributed by atoms with E-state index in [1.165, 1.54) is 37.9 Å². The fourth-order valence-electron chi connectivity index (χ4n) is 2.77. The van der Waals surface area contributed by atoms with Crippen LogP contribution >= 0.6 is 0 Å². The molecule has 0 spiro atoms. The molecule has 0 heterocycles. The van der Waals surface area contributed by atoms with Crippen LogP contribution in [0.25, 0.3) is 0 Å². The van der Waals surface area contributed by atoms with Crippen molar-refractivity contribution in [1.29, 1.82) is 5.26 Å². The van der Waals surface area contributed by atoms with Crippen LogP contribution in [0.15, 0.2) is 30.0 Å². The summed E-state index contributed by atoms with van der Waals surface area (Å²) in [6.45, 7) is 1.79.